The monoisotopic (exact) mass is 236 g/mol. The minimum absolute atomic E-state index is 0.0569. The van der Waals surface area contributed by atoms with E-state index in [-0.39, 0.29) is 5.91 Å². The van der Waals surface area contributed by atoms with Gasteiger partial charge in [-0.3, -0.25) is 9.48 Å². The van der Waals surface area contributed by atoms with Crippen molar-refractivity contribution in [3.63, 3.8) is 0 Å². The highest BCUT2D eigenvalue weighted by Gasteiger charge is 2.12. The Kier molecular flexibility index (Phi) is 4.14. The number of aromatic nitrogens is 2. The largest absolute Gasteiger partial charge is 0.324 e. The van der Waals surface area contributed by atoms with Crippen LogP contribution in [0.1, 0.15) is 32.6 Å². The quantitative estimate of drug-likeness (QED) is 0.830. The average Bonchev–Trinajstić information content (AvgIpc) is 2.75. The molecule has 0 spiro atoms. The third kappa shape index (κ3) is 3.85. The van der Waals surface area contributed by atoms with Crippen LogP contribution in [0.5, 0.6) is 0 Å². The van der Waals surface area contributed by atoms with Crippen LogP contribution < -0.4 is 10.6 Å². The summed E-state index contributed by atoms with van der Waals surface area (Å²) < 4.78 is 1.89. The molecule has 2 heterocycles. The summed E-state index contributed by atoms with van der Waals surface area (Å²) in [5.74, 6) is -0.0569. The zero-order valence-corrected chi connectivity index (χ0v) is 10.3. The third-order valence-electron chi connectivity index (χ3n) is 3.07. The SMILES string of the molecule is CC(=O)Nc1cnn(CCC2CCCCN2)c1. The maximum atomic E-state index is 10.9. The van der Waals surface area contributed by atoms with Crippen LogP contribution in [0.4, 0.5) is 5.69 Å². The van der Waals surface area contributed by atoms with Gasteiger partial charge in [0.25, 0.3) is 0 Å². The number of hydrogen-bond donors (Lipinski definition) is 2. The minimum Gasteiger partial charge on any atom is -0.324 e. The Balaban J connectivity index is 1.78. The Morgan fingerprint density at radius 1 is 1.65 bits per heavy atom. The Labute approximate surface area is 102 Å². The molecule has 2 N–H and O–H groups in total. The highest BCUT2D eigenvalue weighted by Crippen LogP contribution is 2.12. The van der Waals surface area contributed by atoms with E-state index in [0.717, 1.165) is 25.2 Å². The van der Waals surface area contributed by atoms with Gasteiger partial charge < -0.3 is 10.6 Å². The van der Waals surface area contributed by atoms with Crippen LogP contribution in [-0.2, 0) is 11.3 Å². The van der Waals surface area contributed by atoms with E-state index in [1.165, 1.54) is 26.2 Å². The zero-order valence-electron chi connectivity index (χ0n) is 10.3. The molecule has 1 aromatic heterocycles. The Morgan fingerprint density at radius 3 is 3.24 bits per heavy atom. The van der Waals surface area contributed by atoms with Crippen LogP contribution >= 0.6 is 0 Å². The number of nitrogens with one attached hydrogen (secondary N) is 2. The number of aryl methyl sites for hydroxylation is 1. The predicted molar refractivity (Wildman–Crippen MR) is 66.8 cm³/mol. The van der Waals surface area contributed by atoms with E-state index in [9.17, 15) is 4.79 Å². The fraction of sp³-hybridized carbons (Fsp3) is 0.667. The van der Waals surface area contributed by atoms with Crippen molar-refractivity contribution >= 4 is 11.6 Å². The lowest BCUT2D eigenvalue weighted by atomic mass is 10.0. The molecule has 1 amide bonds. The van der Waals surface area contributed by atoms with Gasteiger partial charge >= 0.3 is 0 Å². The molecule has 94 valence electrons. The molecule has 1 aromatic rings. The van der Waals surface area contributed by atoms with Crippen molar-refractivity contribution < 1.29 is 4.79 Å². The number of piperidine rings is 1. The summed E-state index contributed by atoms with van der Waals surface area (Å²) >= 11 is 0. The maximum absolute atomic E-state index is 10.9. The van der Waals surface area contributed by atoms with Crippen LogP contribution in [0, 0.1) is 0 Å². The molecule has 0 saturated carbocycles. The van der Waals surface area contributed by atoms with Crippen molar-refractivity contribution in [2.45, 2.75) is 45.2 Å². The van der Waals surface area contributed by atoms with Crippen molar-refractivity contribution in [2.24, 2.45) is 0 Å². The first-order valence-corrected chi connectivity index (χ1v) is 6.27. The molecule has 5 nitrogen and oxygen atoms in total. The Hall–Kier alpha value is -1.36. The van der Waals surface area contributed by atoms with Gasteiger partial charge in [-0.15, -0.1) is 0 Å². The second-order valence-electron chi connectivity index (χ2n) is 4.61. The van der Waals surface area contributed by atoms with Crippen molar-refractivity contribution in [2.75, 3.05) is 11.9 Å². The summed E-state index contributed by atoms with van der Waals surface area (Å²) in [7, 11) is 0. The molecule has 1 saturated heterocycles. The Morgan fingerprint density at radius 2 is 2.53 bits per heavy atom. The molecule has 0 bridgehead atoms. The summed E-state index contributed by atoms with van der Waals surface area (Å²) in [6, 6.07) is 0.622. The van der Waals surface area contributed by atoms with Crippen LogP contribution in [0.25, 0.3) is 0 Å². The summed E-state index contributed by atoms with van der Waals surface area (Å²) in [4.78, 5) is 10.9. The van der Waals surface area contributed by atoms with Gasteiger partial charge in [0, 0.05) is 25.7 Å². The highest BCUT2D eigenvalue weighted by molar-refractivity contribution is 5.88. The topological polar surface area (TPSA) is 59.0 Å². The van der Waals surface area contributed by atoms with Gasteiger partial charge in [-0.2, -0.15) is 5.10 Å². The first-order chi connectivity index (χ1) is 8.24. The fourth-order valence-electron chi connectivity index (χ4n) is 2.21. The molecule has 2 rings (SSSR count). The maximum Gasteiger partial charge on any atom is 0.221 e. The molecule has 0 aromatic carbocycles. The van der Waals surface area contributed by atoms with E-state index < -0.39 is 0 Å². The first kappa shape index (κ1) is 12.1. The number of nitrogens with zero attached hydrogens (tertiary/aromatic N) is 2. The van der Waals surface area contributed by atoms with Crippen molar-refractivity contribution in [3.05, 3.63) is 12.4 Å². The number of carbonyl (C=O) groups is 1. The van der Waals surface area contributed by atoms with E-state index in [0.29, 0.717) is 6.04 Å². The predicted octanol–water partition coefficient (Wildman–Crippen LogP) is 1.37. The number of carbonyl (C=O) groups excluding carboxylic acids is 1. The molecule has 0 aliphatic carbocycles. The smallest absolute Gasteiger partial charge is 0.221 e. The van der Waals surface area contributed by atoms with Gasteiger partial charge in [0.05, 0.1) is 11.9 Å². The molecule has 17 heavy (non-hydrogen) atoms. The lowest BCUT2D eigenvalue weighted by Crippen LogP contribution is -2.34. The molecule has 5 heteroatoms. The lowest BCUT2D eigenvalue weighted by Gasteiger charge is -2.23. The van der Waals surface area contributed by atoms with Crippen LogP contribution in [0.3, 0.4) is 0 Å². The van der Waals surface area contributed by atoms with Crippen LogP contribution in [0.15, 0.2) is 12.4 Å². The van der Waals surface area contributed by atoms with Crippen LogP contribution in [0.2, 0.25) is 0 Å². The summed E-state index contributed by atoms with van der Waals surface area (Å²) in [6.45, 7) is 3.54. The van der Waals surface area contributed by atoms with Crippen molar-refractivity contribution in [1.82, 2.24) is 15.1 Å². The number of amides is 1. The fourth-order valence-corrected chi connectivity index (χ4v) is 2.21. The summed E-state index contributed by atoms with van der Waals surface area (Å²) in [5, 5.41) is 10.5. The molecule has 0 radical (unpaired) electrons. The molecule has 1 unspecified atom stereocenters. The van der Waals surface area contributed by atoms with E-state index >= 15 is 0 Å². The third-order valence-corrected chi connectivity index (χ3v) is 3.07. The zero-order chi connectivity index (χ0) is 12.1. The van der Waals surface area contributed by atoms with Gasteiger partial charge in [-0.1, -0.05) is 6.42 Å². The van der Waals surface area contributed by atoms with Crippen molar-refractivity contribution in [3.8, 4) is 0 Å². The minimum atomic E-state index is -0.0569. The highest BCUT2D eigenvalue weighted by atomic mass is 16.1. The van der Waals surface area contributed by atoms with E-state index in [2.05, 4.69) is 15.7 Å². The van der Waals surface area contributed by atoms with E-state index in [1.807, 2.05) is 10.9 Å². The molecule has 1 fully saturated rings. The first-order valence-electron chi connectivity index (χ1n) is 6.27. The molecular formula is C12H20N4O. The molecule has 1 aliphatic rings. The van der Waals surface area contributed by atoms with Gasteiger partial charge in [-0.05, 0) is 25.8 Å². The van der Waals surface area contributed by atoms with Gasteiger partial charge in [0.2, 0.25) is 5.91 Å². The number of anilines is 1. The Bertz CT molecular complexity index is 368. The second kappa shape index (κ2) is 5.82. The van der Waals surface area contributed by atoms with E-state index in [1.54, 1.807) is 6.20 Å². The second-order valence-corrected chi connectivity index (χ2v) is 4.61. The number of hydrogen-bond acceptors (Lipinski definition) is 3. The van der Waals surface area contributed by atoms with Crippen molar-refractivity contribution in [1.29, 1.82) is 0 Å². The summed E-state index contributed by atoms with van der Waals surface area (Å²) in [5.41, 5.74) is 0.772. The lowest BCUT2D eigenvalue weighted by molar-refractivity contribution is -0.114. The van der Waals surface area contributed by atoms with Gasteiger partial charge in [-0.25, -0.2) is 0 Å². The number of rotatable bonds is 4. The normalized spacial score (nSPS) is 20.2. The van der Waals surface area contributed by atoms with Gasteiger partial charge in [0.15, 0.2) is 0 Å². The van der Waals surface area contributed by atoms with E-state index in [4.69, 9.17) is 0 Å². The van der Waals surface area contributed by atoms with Crippen LogP contribution in [-0.4, -0.2) is 28.3 Å². The molecule has 1 aliphatic heterocycles. The molecule has 1 atom stereocenters. The standard InChI is InChI=1S/C12H20N4O/c1-10(17)15-12-8-14-16(9-12)7-5-11-4-2-3-6-13-11/h8-9,11,13H,2-7H2,1H3,(H,15,17). The molecular weight excluding hydrogens is 216 g/mol. The average molecular weight is 236 g/mol. The van der Waals surface area contributed by atoms with Gasteiger partial charge in [0.1, 0.15) is 0 Å². The summed E-state index contributed by atoms with van der Waals surface area (Å²) in [6.07, 6.45) is 8.56.